The third-order valence-electron chi connectivity index (χ3n) is 2.63. The van der Waals surface area contributed by atoms with E-state index >= 15 is 0 Å². The molecule has 1 aliphatic rings. The van der Waals surface area contributed by atoms with Gasteiger partial charge in [-0.25, -0.2) is 4.79 Å². The van der Waals surface area contributed by atoms with E-state index in [2.05, 4.69) is 0 Å². The van der Waals surface area contributed by atoms with Crippen LogP contribution in [-0.4, -0.2) is 31.2 Å². The molecule has 1 heterocycles. The van der Waals surface area contributed by atoms with Crippen LogP contribution in [0.5, 0.6) is 5.75 Å². The van der Waals surface area contributed by atoms with Crippen molar-refractivity contribution in [2.75, 3.05) is 18.6 Å². The third kappa shape index (κ3) is 2.31. The van der Waals surface area contributed by atoms with E-state index in [0.717, 1.165) is 11.4 Å². The summed E-state index contributed by atoms with van der Waals surface area (Å²) in [4.78, 5) is 13.4. The van der Waals surface area contributed by atoms with Gasteiger partial charge in [0.05, 0.1) is 13.7 Å². The lowest BCUT2D eigenvalue weighted by Gasteiger charge is -2.06. The average molecular weight is 256 g/mol. The number of hydrogen-bond donors (Lipinski definition) is 0. The summed E-state index contributed by atoms with van der Waals surface area (Å²) in [5.41, 5.74) is 0.575. The van der Waals surface area contributed by atoms with Gasteiger partial charge in [0.2, 0.25) is 0 Å². The minimum absolute atomic E-state index is 0.275. The van der Waals surface area contributed by atoms with Crippen molar-refractivity contribution in [2.45, 2.75) is 18.5 Å². The van der Waals surface area contributed by atoms with Crippen LogP contribution in [0.15, 0.2) is 24.3 Å². The molecule has 1 fully saturated rings. The Morgan fingerprint density at radius 2 is 2.06 bits per heavy atom. The molecule has 0 amide bonds. The highest BCUT2D eigenvalue weighted by molar-refractivity contribution is 6.28. The molecule has 1 aromatic rings. The maximum atomic E-state index is 11.5. The number of rotatable bonds is 4. The minimum atomic E-state index is -0.370. The molecule has 2 rings (SSSR count). The van der Waals surface area contributed by atoms with E-state index in [1.165, 1.54) is 0 Å². The first-order valence-electron chi connectivity index (χ1n) is 5.42. The van der Waals surface area contributed by atoms with E-state index in [1.54, 1.807) is 18.9 Å². The van der Waals surface area contributed by atoms with Gasteiger partial charge in [-0.3, -0.25) is 0 Å². The van der Waals surface area contributed by atoms with Crippen LogP contribution in [0.25, 0.3) is 0 Å². The molecule has 0 saturated carbocycles. The molecular formula is C12H14ClNO3. The number of nitrogens with zero attached hydrogens (tertiary/aromatic N) is 1. The molecule has 0 aliphatic carbocycles. The van der Waals surface area contributed by atoms with Gasteiger partial charge in [0.25, 0.3) is 0 Å². The molecule has 1 saturated heterocycles. The van der Waals surface area contributed by atoms with Crippen molar-refractivity contribution in [3.8, 4) is 5.75 Å². The van der Waals surface area contributed by atoms with E-state index in [4.69, 9.17) is 21.1 Å². The van der Waals surface area contributed by atoms with Crippen molar-refractivity contribution >= 4 is 23.3 Å². The number of carbonyl (C=O) groups is 1. The van der Waals surface area contributed by atoms with Crippen LogP contribution in [0, 0.1) is 0 Å². The molecule has 1 aromatic carbocycles. The number of benzene rings is 1. The predicted molar refractivity (Wildman–Crippen MR) is 65.5 cm³/mol. The number of carbonyl (C=O) groups excluding carboxylic acids is 1. The summed E-state index contributed by atoms with van der Waals surface area (Å²) in [5, 5.41) is 0. The van der Waals surface area contributed by atoms with Gasteiger partial charge >= 0.3 is 5.97 Å². The maximum absolute atomic E-state index is 11.5. The number of ether oxygens (including phenoxy) is 2. The third-order valence-corrected chi connectivity index (χ3v) is 3.08. The molecule has 5 heteroatoms. The topological polar surface area (TPSA) is 38.5 Å². The SMILES string of the molecule is CCOC(=O)[C@@H]1[C@H](Cl)N1c1ccc(OC)cc1. The van der Waals surface area contributed by atoms with Crippen molar-refractivity contribution in [3.05, 3.63) is 24.3 Å². The molecule has 0 spiro atoms. The Bertz CT molecular complexity index is 407. The Morgan fingerprint density at radius 3 is 2.59 bits per heavy atom. The highest BCUT2D eigenvalue weighted by Gasteiger charge is 2.52. The molecule has 92 valence electrons. The normalized spacial score (nSPS) is 22.2. The second-order valence-corrected chi connectivity index (χ2v) is 4.12. The molecule has 0 radical (unpaired) electrons. The number of esters is 1. The van der Waals surface area contributed by atoms with Crippen LogP contribution in [0.3, 0.4) is 0 Å². The lowest BCUT2D eigenvalue weighted by Crippen LogP contribution is -2.16. The predicted octanol–water partition coefficient (Wildman–Crippen LogP) is 2.01. The van der Waals surface area contributed by atoms with Crippen LogP contribution in [-0.2, 0) is 9.53 Å². The monoisotopic (exact) mass is 255 g/mol. The van der Waals surface area contributed by atoms with Gasteiger partial charge < -0.3 is 14.4 Å². The number of alkyl halides is 1. The molecule has 17 heavy (non-hydrogen) atoms. The van der Waals surface area contributed by atoms with E-state index in [9.17, 15) is 4.79 Å². The van der Waals surface area contributed by atoms with Gasteiger partial charge in [0, 0.05) is 5.69 Å². The maximum Gasteiger partial charge on any atom is 0.332 e. The molecular weight excluding hydrogens is 242 g/mol. The zero-order valence-electron chi connectivity index (χ0n) is 9.72. The minimum Gasteiger partial charge on any atom is -0.497 e. The Balaban J connectivity index is 2.06. The van der Waals surface area contributed by atoms with Crippen LogP contribution in [0.2, 0.25) is 0 Å². The fourth-order valence-corrected chi connectivity index (χ4v) is 2.11. The van der Waals surface area contributed by atoms with Crippen molar-refractivity contribution in [1.82, 2.24) is 0 Å². The summed E-state index contributed by atoms with van der Waals surface area (Å²) in [6.07, 6.45) is 0. The Labute approximate surface area is 105 Å². The smallest absolute Gasteiger partial charge is 0.332 e. The molecule has 0 bridgehead atoms. The van der Waals surface area contributed by atoms with Crippen molar-refractivity contribution in [3.63, 3.8) is 0 Å². The highest BCUT2D eigenvalue weighted by Crippen LogP contribution is 2.39. The van der Waals surface area contributed by atoms with Gasteiger partial charge in [0.15, 0.2) is 6.04 Å². The Hall–Kier alpha value is -1.42. The number of hydrogen-bond acceptors (Lipinski definition) is 4. The van der Waals surface area contributed by atoms with Crippen LogP contribution in [0.1, 0.15) is 6.92 Å². The first-order chi connectivity index (χ1) is 8.19. The van der Waals surface area contributed by atoms with Crippen LogP contribution in [0.4, 0.5) is 5.69 Å². The lowest BCUT2D eigenvalue weighted by atomic mass is 10.3. The van der Waals surface area contributed by atoms with E-state index in [-0.39, 0.29) is 17.5 Å². The van der Waals surface area contributed by atoms with Gasteiger partial charge in [-0.05, 0) is 31.2 Å². The van der Waals surface area contributed by atoms with Gasteiger partial charge in [0.1, 0.15) is 11.3 Å². The molecule has 0 aromatic heterocycles. The Morgan fingerprint density at radius 1 is 1.41 bits per heavy atom. The fourth-order valence-electron chi connectivity index (χ4n) is 1.71. The van der Waals surface area contributed by atoms with Crippen molar-refractivity contribution in [2.24, 2.45) is 0 Å². The molecule has 2 atom stereocenters. The fraction of sp³-hybridized carbons (Fsp3) is 0.417. The van der Waals surface area contributed by atoms with Crippen LogP contribution < -0.4 is 9.64 Å². The number of anilines is 1. The van der Waals surface area contributed by atoms with E-state index in [0.29, 0.717) is 6.61 Å². The first-order valence-corrected chi connectivity index (χ1v) is 5.85. The zero-order chi connectivity index (χ0) is 12.4. The van der Waals surface area contributed by atoms with Crippen molar-refractivity contribution in [1.29, 1.82) is 0 Å². The summed E-state index contributed by atoms with van der Waals surface area (Å²) >= 11 is 6.05. The highest BCUT2D eigenvalue weighted by atomic mass is 35.5. The summed E-state index contributed by atoms with van der Waals surface area (Å²) in [5.74, 6) is 0.498. The summed E-state index contributed by atoms with van der Waals surface area (Å²) < 4.78 is 10.0. The number of methoxy groups -OCH3 is 1. The van der Waals surface area contributed by atoms with Gasteiger partial charge in [-0.15, -0.1) is 0 Å². The van der Waals surface area contributed by atoms with Gasteiger partial charge in [-0.1, -0.05) is 11.6 Å². The van der Waals surface area contributed by atoms with E-state index < -0.39 is 0 Å². The Kier molecular flexibility index (Phi) is 3.43. The summed E-state index contributed by atoms with van der Waals surface area (Å²) in [6.45, 7) is 2.15. The van der Waals surface area contributed by atoms with E-state index in [1.807, 2.05) is 24.3 Å². The summed E-state index contributed by atoms with van der Waals surface area (Å²) in [6, 6.07) is 7.03. The first kappa shape index (κ1) is 12.0. The molecule has 4 nitrogen and oxygen atoms in total. The largest absolute Gasteiger partial charge is 0.497 e. The van der Waals surface area contributed by atoms with Crippen LogP contribution >= 0.6 is 11.6 Å². The van der Waals surface area contributed by atoms with Gasteiger partial charge in [-0.2, -0.15) is 0 Å². The second-order valence-electron chi connectivity index (χ2n) is 3.67. The molecule has 1 aliphatic heterocycles. The molecule has 0 N–H and O–H groups in total. The summed E-state index contributed by atoms with van der Waals surface area (Å²) in [7, 11) is 1.61. The average Bonchev–Trinajstić information content (AvgIpc) is 3.01. The van der Waals surface area contributed by atoms with Crippen molar-refractivity contribution < 1.29 is 14.3 Å². The lowest BCUT2D eigenvalue weighted by molar-refractivity contribution is -0.142. The zero-order valence-corrected chi connectivity index (χ0v) is 10.5. The molecule has 0 unspecified atom stereocenters. The second kappa shape index (κ2) is 4.84. The standard InChI is InChI=1S/C12H14ClNO3/c1-3-17-12(15)10-11(13)14(10)8-4-6-9(16-2)7-5-8/h4-7,10-11H,3H2,1-2H3/t10-,11+,14?/m0/s1. The quantitative estimate of drug-likeness (QED) is 0.357. The number of halogens is 1.